The monoisotopic (exact) mass is 308 g/mol. The van der Waals surface area contributed by atoms with Gasteiger partial charge >= 0.3 is 5.97 Å². The predicted molar refractivity (Wildman–Crippen MR) is 90.4 cm³/mol. The van der Waals surface area contributed by atoms with Crippen molar-refractivity contribution in [3.8, 4) is 0 Å². The fourth-order valence-corrected chi connectivity index (χ4v) is 1.99. The minimum absolute atomic E-state index is 0.0778. The second-order valence-corrected chi connectivity index (χ2v) is 6.08. The summed E-state index contributed by atoms with van der Waals surface area (Å²) >= 11 is 5.27. The SMILES string of the molecule is Cc1ccc(NC(=S)NC(C(=O)OC(C)C)C(C)C)cc1. The van der Waals surface area contributed by atoms with Crippen LogP contribution in [0, 0.1) is 12.8 Å². The molecule has 0 aliphatic rings. The van der Waals surface area contributed by atoms with Gasteiger partial charge in [0.05, 0.1) is 6.10 Å². The Morgan fingerprint density at radius 1 is 1.14 bits per heavy atom. The van der Waals surface area contributed by atoms with E-state index in [1.165, 1.54) is 5.56 Å². The molecule has 0 radical (unpaired) electrons. The average molecular weight is 308 g/mol. The van der Waals surface area contributed by atoms with Gasteiger partial charge in [0.1, 0.15) is 6.04 Å². The van der Waals surface area contributed by atoms with E-state index in [-0.39, 0.29) is 18.0 Å². The summed E-state index contributed by atoms with van der Waals surface area (Å²) < 4.78 is 5.25. The molecule has 1 atom stereocenters. The largest absolute Gasteiger partial charge is 0.461 e. The van der Waals surface area contributed by atoms with Gasteiger partial charge in [0.15, 0.2) is 5.11 Å². The fraction of sp³-hybridized carbons (Fsp3) is 0.500. The molecule has 1 rings (SSSR count). The lowest BCUT2D eigenvalue weighted by atomic mass is 10.1. The van der Waals surface area contributed by atoms with E-state index in [2.05, 4.69) is 10.6 Å². The van der Waals surface area contributed by atoms with Crippen LogP contribution in [0.5, 0.6) is 0 Å². The van der Waals surface area contributed by atoms with Crippen LogP contribution in [0.2, 0.25) is 0 Å². The van der Waals surface area contributed by atoms with Crippen molar-refractivity contribution < 1.29 is 9.53 Å². The Balaban J connectivity index is 2.64. The zero-order chi connectivity index (χ0) is 16.0. The van der Waals surface area contributed by atoms with E-state index in [0.717, 1.165) is 5.69 Å². The third kappa shape index (κ3) is 6.12. The van der Waals surface area contributed by atoms with E-state index < -0.39 is 6.04 Å². The van der Waals surface area contributed by atoms with Gasteiger partial charge in [-0.2, -0.15) is 0 Å². The highest BCUT2D eigenvalue weighted by atomic mass is 32.1. The summed E-state index contributed by atoms with van der Waals surface area (Å²) in [5, 5.41) is 6.52. The van der Waals surface area contributed by atoms with Crippen molar-refractivity contribution in [3.63, 3.8) is 0 Å². The van der Waals surface area contributed by atoms with Crippen molar-refractivity contribution >= 4 is 29.0 Å². The highest BCUT2D eigenvalue weighted by Crippen LogP contribution is 2.10. The predicted octanol–water partition coefficient (Wildman–Crippen LogP) is 3.26. The average Bonchev–Trinajstić information content (AvgIpc) is 2.37. The van der Waals surface area contributed by atoms with Crippen LogP contribution in [0.15, 0.2) is 24.3 Å². The van der Waals surface area contributed by atoms with Crippen LogP contribution in [0.1, 0.15) is 33.3 Å². The maximum atomic E-state index is 12.1. The topological polar surface area (TPSA) is 50.4 Å². The van der Waals surface area contributed by atoms with Gasteiger partial charge in [-0.05, 0) is 51.0 Å². The van der Waals surface area contributed by atoms with Crippen LogP contribution in [0.4, 0.5) is 5.69 Å². The molecule has 1 aromatic carbocycles. The van der Waals surface area contributed by atoms with Crippen LogP contribution in [0.25, 0.3) is 0 Å². The number of carbonyl (C=O) groups excluding carboxylic acids is 1. The second-order valence-electron chi connectivity index (χ2n) is 5.67. The van der Waals surface area contributed by atoms with Crippen molar-refractivity contribution in [2.75, 3.05) is 5.32 Å². The minimum atomic E-state index is -0.460. The number of hydrogen-bond acceptors (Lipinski definition) is 3. The first-order valence-corrected chi connectivity index (χ1v) is 7.55. The van der Waals surface area contributed by atoms with Gasteiger partial charge in [-0.25, -0.2) is 4.79 Å². The smallest absolute Gasteiger partial charge is 0.329 e. The quantitative estimate of drug-likeness (QED) is 0.646. The molecule has 0 saturated heterocycles. The van der Waals surface area contributed by atoms with E-state index >= 15 is 0 Å². The van der Waals surface area contributed by atoms with Crippen LogP contribution in [0.3, 0.4) is 0 Å². The highest BCUT2D eigenvalue weighted by Gasteiger charge is 2.25. The maximum absolute atomic E-state index is 12.1. The third-order valence-electron chi connectivity index (χ3n) is 2.87. The Morgan fingerprint density at radius 2 is 1.71 bits per heavy atom. The molecule has 0 aliphatic carbocycles. The number of anilines is 1. The Hall–Kier alpha value is -1.62. The summed E-state index contributed by atoms with van der Waals surface area (Å²) in [5.41, 5.74) is 2.07. The number of ether oxygens (including phenoxy) is 1. The number of rotatable bonds is 5. The van der Waals surface area contributed by atoms with Gasteiger partial charge in [-0.3, -0.25) is 0 Å². The number of benzene rings is 1. The Labute approximate surface area is 132 Å². The highest BCUT2D eigenvalue weighted by molar-refractivity contribution is 7.80. The van der Waals surface area contributed by atoms with E-state index in [0.29, 0.717) is 5.11 Å². The molecule has 4 nitrogen and oxygen atoms in total. The lowest BCUT2D eigenvalue weighted by Crippen LogP contribution is -2.47. The molecule has 0 spiro atoms. The minimum Gasteiger partial charge on any atom is -0.461 e. The summed E-state index contributed by atoms with van der Waals surface area (Å²) in [6.07, 6.45) is -0.140. The zero-order valence-corrected chi connectivity index (χ0v) is 14.1. The first-order valence-electron chi connectivity index (χ1n) is 7.14. The third-order valence-corrected chi connectivity index (χ3v) is 3.09. The van der Waals surface area contributed by atoms with Gasteiger partial charge in [0, 0.05) is 5.69 Å². The maximum Gasteiger partial charge on any atom is 0.329 e. The molecular weight excluding hydrogens is 284 g/mol. The first kappa shape index (κ1) is 17.4. The van der Waals surface area contributed by atoms with E-state index in [9.17, 15) is 4.79 Å². The van der Waals surface area contributed by atoms with Gasteiger partial charge in [-0.1, -0.05) is 31.5 Å². The van der Waals surface area contributed by atoms with E-state index in [4.69, 9.17) is 17.0 Å². The van der Waals surface area contributed by atoms with Crippen LogP contribution in [-0.2, 0) is 9.53 Å². The van der Waals surface area contributed by atoms with Gasteiger partial charge in [0.25, 0.3) is 0 Å². The van der Waals surface area contributed by atoms with Crippen LogP contribution < -0.4 is 10.6 Å². The molecule has 0 heterocycles. The van der Waals surface area contributed by atoms with Crippen molar-refractivity contribution in [2.45, 2.75) is 46.8 Å². The molecule has 21 heavy (non-hydrogen) atoms. The summed E-state index contributed by atoms with van der Waals surface area (Å²) in [6, 6.07) is 7.42. The molecule has 1 unspecified atom stereocenters. The van der Waals surface area contributed by atoms with Crippen molar-refractivity contribution in [1.29, 1.82) is 0 Å². The molecule has 0 amide bonds. The lowest BCUT2D eigenvalue weighted by Gasteiger charge is -2.23. The molecule has 0 aliphatic heterocycles. The summed E-state index contributed by atoms with van der Waals surface area (Å²) in [6.45, 7) is 9.59. The number of thiocarbonyl (C=S) groups is 1. The van der Waals surface area contributed by atoms with Crippen molar-refractivity contribution in [2.24, 2.45) is 5.92 Å². The van der Waals surface area contributed by atoms with Crippen molar-refractivity contribution in [3.05, 3.63) is 29.8 Å². The van der Waals surface area contributed by atoms with Crippen LogP contribution in [-0.4, -0.2) is 23.2 Å². The normalized spacial score (nSPS) is 12.1. The fourth-order valence-electron chi connectivity index (χ4n) is 1.75. The van der Waals surface area contributed by atoms with E-state index in [1.807, 2.05) is 58.9 Å². The standard InChI is InChI=1S/C16H24N2O2S/c1-10(2)14(15(19)20-11(3)4)18-16(21)17-13-8-6-12(5)7-9-13/h6-11,14H,1-5H3,(H2,17,18,21). The summed E-state index contributed by atoms with van der Waals surface area (Å²) in [4.78, 5) is 12.1. The van der Waals surface area contributed by atoms with Crippen molar-refractivity contribution in [1.82, 2.24) is 5.32 Å². The number of carbonyl (C=O) groups is 1. The Kier molecular flexibility index (Phi) is 6.62. The van der Waals surface area contributed by atoms with E-state index in [1.54, 1.807) is 0 Å². The van der Waals surface area contributed by atoms with Gasteiger partial charge < -0.3 is 15.4 Å². The number of nitrogens with one attached hydrogen (secondary N) is 2. The first-order chi connectivity index (χ1) is 9.79. The summed E-state index contributed by atoms with van der Waals surface area (Å²) in [5.74, 6) is -0.206. The lowest BCUT2D eigenvalue weighted by molar-refractivity contribution is -0.150. The zero-order valence-electron chi connectivity index (χ0n) is 13.3. The molecule has 0 fully saturated rings. The number of hydrogen-bond donors (Lipinski definition) is 2. The van der Waals surface area contributed by atoms with Gasteiger partial charge in [0.2, 0.25) is 0 Å². The molecule has 0 aromatic heterocycles. The van der Waals surface area contributed by atoms with Crippen LogP contribution >= 0.6 is 12.2 Å². The molecule has 0 saturated carbocycles. The molecule has 1 aromatic rings. The molecule has 0 bridgehead atoms. The molecular formula is C16H24N2O2S. The molecule has 2 N–H and O–H groups in total. The molecule has 116 valence electrons. The Bertz CT molecular complexity index is 484. The Morgan fingerprint density at radius 3 is 2.19 bits per heavy atom. The number of esters is 1. The second kappa shape index (κ2) is 7.98. The molecule has 5 heteroatoms. The number of aryl methyl sites for hydroxylation is 1. The summed E-state index contributed by atoms with van der Waals surface area (Å²) in [7, 11) is 0. The van der Waals surface area contributed by atoms with Gasteiger partial charge in [-0.15, -0.1) is 0 Å².